The topological polar surface area (TPSA) is 29.9 Å². The van der Waals surface area contributed by atoms with E-state index in [0.29, 0.717) is 6.54 Å². The van der Waals surface area contributed by atoms with Gasteiger partial charge in [0.1, 0.15) is 6.54 Å². The standard InChI is InChI=1S/C10H15N3/c1-5-6-13-9(3)10(7-11-4)8(2)12-13/h1,11H,6-7H2,2-4H3. The Morgan fingerprint density at radius 2 is 2.23 bits per heavy atom. The van der Waals surface area contributed by atoms with Gasteiger partial charge in [-0.1, -0.05) is 5.92 Å². The summed E-state index contributed by atoms with van der Waals surface area (Å²) in [6.45, 7) is 5.45. The molecule has 0 aliphatic heterocycles. The molecule has 0 radical (unpaired) electrons. The highest BCUT2D eigenvalue weighted by molar-refractivity contribution is 5.24. The summed E-state index contributed by atoms with van der Waals surface area (Å²) in [5.41, 5.74) is 3.46. The number of hydrogen-bond acceptors (Lipinski definition) is 2. The Morgan fingerprint density at radius 3 is 2.77 bits per heavy atom. The van der Waals surface area contributed by atoms with E-state index in [9.17, 15) is 0 Å². The molecule has 1 aromatic rings. The fraction of sp³-hybridized carbons (Fsp3) is 0.500. The Hall–Kier alpha value is -1.27. The molecule has 1 rings (SSSR count). The van der Waals surface area contributed by atoms with Gasteiger partial charge in [0, 0.05) is 17.8 Å². The predicted octanol–water partition coefficient (Wildman–Crippen LogP) is 0.853. The van der Waals surface area contributed by atoms with Crippen molar-refractivity contribution in [2.45, 2.75) is 26.9 Å². The number of nitrogens with zero attached hydrogens (tertiary/aromatic N) is 2. The maximum Gasteiger partial charge on any atom is 0.102 e. The summed E-state index contributed by atoms with van der Waals surface area (Å²) in [6.07, 6.45) is 5.24. The smallest absolute Gasteiger partial charge is 0.102 e. The molecule has 70 valence electrons. The molecule has 1 heterocycles. The minimum absolute atomic E-state index is 0.552. The molecule has 3 heteroatoms. The van der Waals surface area contributed by atoms with Gasteiger partial charge in [-0.3, -0.25) is 4.68 Å². The number of aryl methyl sites for hydroxylation is 1. The molecular weight excluding hydrogens is 162 g/mol. The number of aromatic nitrogens is 2. The SMILES string of the molecule is C#CCn1nc(C)c(CNC)c1C. The van der Waals surface area contributed by atoms with Gasteiger partial charge in [0.05, 0.1) is 5.69 Å². The van der Waals surface area contributed by atoms with Crippen molar-refractivity contribution in [2.24, 2.45) is 0 Å². The lowest BCUT2D eigenvalue weighted by atomic mass is 10.2. The highest BCUT2D eigenvalue weighted by Crippen LogP contribution is 2.11. The van der Waals surface area contributed by atoms with Gasteiger partial charge in [0.2, 0.25) is 0 Å². The Morgan fingerprint density at radius 1 is 1.54 bits per heavy atom. The van der Waals surface area contributed by atoms with E-state index in [2.05, 4.69) is 16.3 Å². The van der Waals surface area contributed by atoms with Crippen LogP contribution < -0.4 is 5.32 Å². The average Bonchev–Trinajstić information content (AvgIpc) is 2.34. The highest BCUT2D eigenvalue weighted by Gasteiger charge is 2.08. The van der Waals surface area contributed by atoms with Crippen molar-refractivity contribution in [1.82, 2.24) is 15.1 Å². The molecule has 0 aliphatic carbocycles. The molecule has 0 aromatic carbocycles. The first kappa shape index (κ1) is 9.82. The zero-order valence-corrected chi connectivity index (χ0v) is 8.39. The van der Waals surface area contributed by atoms with Crippen molar-refractivity contribution in [3.8, 4) is 12.3 Å². The van der Waals surface area contributed by atoms with Gasteiger partial charge in [0.15, 0.2) is 0 Å². The second-order valence-electron chi connectivity index (χ2n) is 3.04. The van der Waals surface area contributed by atoms with Gasteiger partial charge in [-0.25, -0.2) is 0 Å². The molecule has 13 heavy (non-hydrogen) atoms. The number of nitrogens with one attached hydrogen (secondary N) is 1. The molecule has 1 N–H and O–H groups in total. The van der Waals surface area contributed by atoms with Crippen LogP contribution in [0.5, 0.6) is 0 Å². The molecular formula is C10H15N3. The fourth-order valence-corrected chi connectivity index (χ4v) is 1.41. The number of hydrogen-bond donors (Lipinski definition) is 1. The fourth-order valence-electron chi connectivity index (χ4n) is 1.41. The molecule has 0 unspecified atom stereocenters. The summed E-state index contributed by atoms with van der Waals surface area (Å²) < 4.78 is 1.86. The first-order chi connectivity index (χ1) is 6.20. The Kier molecular flexibility index (Phi) is 3.10. The van der Waals surface area contributed by atoms with Crippen molar-refractivity contribution >= 4 is 0 Å². The summed E-state index contributed by atoms with van der Waals surface area (Å²) >= 11 is 0. The molecule has 0 spiro atoms. The van der Waals surface area contributed by atoms with Crippen LogP contribution in [0.2, 0.25) is 0 Å². The van der Waals surface area contributed by atoms with Gasteiger partial charge in [0.25, 0.3) is 0 Å². The van der Waals surface area contributed by atoms with Crippen molar-refractivity contribution in [3.63, 3.8) is 0 Å². The lowest BCUT2D eigenvalue weighted by Crippen LogP contribution is -2.07. The van der Waals surface area contributed by atoms with Crippen molar-refractivity contribution in [3.05, 3.63) is 17.0 Å². The van der Waals surface area contributed by atoms with Gasteiger partial charge < -0.3 is 5.32 Å². The third kappa shape index (κ3) is 1.90. The Bertz CT molecular complexity index is 331. The predicted molar refractivity (Wildman–Crippen MR) is 53.3 cm³/mol. The zero-order chi connectivity index (χ0) is 9.84. The Labute approximate surface area is 79.1 Å². The second kappa shape index (κ2) is 4.11. The monoisotopic (exact) mass is 177 g/mol. The summed E-state index contributed by atoms with van der Waals surface area (Å²) in [6, 6.07) is 0. The van der Waals surface area contributed by atoms with Crippen molar-refractivity contribution < 1.29 is 0 Å². The maximum atomic E-state index is 5.24. The molecule has 0 fully saturated rings. The van der Waals surface area contributed by atoms with Gasteiger partial charge in [-0.2, -0.15) is 5.10 Å². The van der Waals surface area contributed by atoms with E-state index >= 15 is 0 Å². The summed E-state index contributed by atoms with van der Waals surface area (Å²) in [5, 5.41) is 7.47. The third-order valence-corrected chi connectivity index (χ3v) is 2.13. The normalized spacial score (nSPS) is 10.0. The van der Waals surface area contributed by atoms with E-state index in [1.54, 1.807) is 0 Å². The van der Waals surface area contributed by atoms with E-state index in [-0.39, 0.29) is 0 Å². The summed E-state index contributed by atoms with van der Waals surface area (Å²) in [7, 11) is 1.93. The van der Waals surface area contributed by atoms with Crippen LogP contribution in [0.4, 0.5) is 0 Å². The van der Waals surface area contributed by atoms with Crippen LogP contribution in [-0.2, 0) is 13.1 Å². The van der Waals surface area contributed by atoms with Crippen LogP contribution >= 0.6 is 0 Å². The second-order valence-corrected chi connectivity index (χ2v) is 3.04. The lowest BCUT2D eigenvalue weighted by Gasteiger charge is -2.00. The van der Waals surface area contributed by atoms with Crippen LogP contribution in [0.15, 0.2) is 0 Å². The van der Waals surface area contributed by atoms with Crippen LogP contribution in [0, 0.1) is 26.2 Å². The van der Waals surface area contributed by atoms with E-state index < -0.39 is 0 Å². The van der Waals surface area contributed by atoms with Crippen LogP contribution in [0.1, 0.15) is 17.0 Å². The number of terminal acetylenes is 1. The van der Waals surface area contributed by atoms with Crippen molar-refractivity contribution in [1.29, 1.82) is 0 Å². The molecule has 0 saturated carbocycles. The van der Waals surface area contributed by atoms with E-state index in [1.165, 1.54) is 5.56 Å². The minimum Gasteiger partial charge on any atom is -0.316 e. The quantitative estimate of drug-likeness (QED) is 0.694. The largest absolute Gasteiger partial charge is 0.316 e. The molecule has 0 amide bonds. The van der Waals surface area contributed by atoms with Gasteiger partial charge in [-0.15, -0.1) is 6.42 Å². The number of rotatable bonds is 3. The average molecular weight is 177 g/mol. The molecule has 0 bridgehead atoms. The maximum absolute atomic E-state index is 5.24. The van der Waals surface area contributed by atoms with Crippen molar-refractivity contribution in [2.75, 3.05) is 7.05 Å². The third-order valence-electron chi connectivity index (χ3n) is 2.13. The highest BCUT2D eigenvalue weighted by atomic mass is 15.3. The molecule has 0 aliphatic rings. The molecule has 3 nitrogen and oxygen atoms in total. The first-order valence-electron chi connectivity index (χ1n) is 4.31. The van der Waals surface area contributed by atoms with E-state index in [0.717, 1.165) is 17.9 Å². The summed E-state index contributed by atoms with van der Waals surface area (Å²) in [4.78, 5) is 0. The van der Waals surface area contributed by atoms with Gasteiger partial charge >= 0.3 is 0 Å². The van der Waals surface area contributed by atoms with Gasteiger partial charge in [-0.05, 0) is 20.9 Å². The zero-order valence-electron chi connectivity index (χ0n) is 8.39. The first-order valence-corrected chi connectivity index (χ1v) is 4.31. The Balaban J connectivity index is 3.01. The van der Waals surface area contributed by atoms with Crippen LogP contribution in [0.25, 0.3) is 0 Å². The molecule has 1 aromatic heterocycles. The minimum atomic E-state index is 0.552. The molecule has 0 saturated heterocycles. The molecule has 0 atom stereocenters. The van der Waals surface area contributed by atoms with E-state index in [1.807, 2.05) is 25.6 Å². The van der Waals surface area contributed by atoms with Crippen LogP contribution in [0.3, 0.4) is 0 Å². The lowest BCUT2D eigenvalue weighted by molar-refractivity contribution is 0.682. The van der Waals surface area contributed by atoms with Crippen LogP contribution in [-0.4, -0.2) is 16.8 Å². The summed E-state index contributed by atoms with van der Waals surface area (Å²) in [5.74, 6) is 2.59. The van der Waals surface area contributed by atoms with E-state index in [4.69, 9.17) is 6.42 Å².